The van der Waals surface area contributed by atoms with Gasteiger partial charge >= 0.3 is 0 Å². The minimum absolute atomic E-state index is 0.179. The second-order valence-corrected chi connectivity index (χ2v) is 13.0. The van der Waals surface area contributed by atoms with Gasteiger partial charge in [0.15, 0.2) is 0 Å². The lowest BCUT2D eigenvalue weighted by atomic mass is 9.94. The summed E-state index contributed by atoms with van der Waals surface area (Å²) >= 11 is 13.0. The van der Waals surface area contributed by atoms with Crippen LogP contribution < -0.4 is 15.8 Å². The van der Waals surface area contributed by atoms with Crippen LogP contribution in [0.5, 0.6) is 0 Å². The van der Waals surface area contributed by atoms with Gasteiger partial charge in [-0.05, 0) is 39.0 Å². The van der Waals surface area contributed by atoms with E-state index in [-0.39, 0.29) is 21.8 Å². The SMILES string of the molecule is CC1=C(C(=O)N2CCN(c3ccccc3)CC2)C(c2cccc(Cl)c2Cl)n2c(cc(=O)n2S(=O)(=O)C(C)C)N1. The van der Waals surface area contributed by atoms with E-state index in [4.69, 9.17) is 23.2 Å². The standard InChI is InChI=1S/C27H29Cl2N5O4S/c1-17(2)39(37,38)34-23(35)16-22-30-18(3)24(26(33(22)34)20-10-7-11-21(28)25(20)29)27(36)32-14-12-31(13-15-32)19-8-5-4-6-9-19/h4-11,16-17,26,30H,12-15H2,1-3H3. The number of carbonyl (C=O) groups is 1. The lowest BCUT2D eigenvalue weighted by Gasteiger charge is -2.39. The Balaban J connectivity index is 1.60. The molecule has 1 unspecified atom stereocenters. The van der Waals surface area contributed by atoms with Crippen molar-refractivity contribution in [3.63, 3.8) is 0 Å². The van der Waals surface area contributed by atoms with Gasteiger partial charge in [0.25, 0.3) is 21.5 Å². The van der Waals surface area contributed by atoms with Crippen molar-refractivity contribution < 1.29 is 13.2 Å². The van der Waals surface area contributed by atoms with Crippen LogP contribution in [0.4, 0.5) is 11.5 Å². The monoisotopic (exact) mass is 589 g/mol. The molecule has 2 aromatic carbocycles. The minimum Gasteiger partial charge on any atom is -0.368 e. The zero-order valence-corrected chi connectivity index (χ0v) is 24.1. The maximum atomic E-state index is 14.2. The molecular weight excluding hydrogens is 561 g/mol. The predicted octanol–water partition coefficient (Wildman–Crippen LogP) is 4.18. The van der Waals surface area contributed by atoms with E-state index in [9.17, 15) is 18.0 Å². The predicted molar refractivity (Wildman–Crippen MR) is 154 cm³/mol. The molecule has 1 N–H and O–H groups in total. The molecule has 2 aliphatic heterocycles. The summed E-state index contributed by atoms with van der Waals surface area (Å²) in [5.41, 5.74) is 1.57. The Labute approximate surface area is 237 Å². The number of halogens is 2. The van der Waals surface area contributed by atoms with Gasteiger partial charge in [-0.25, -0.2) is 13.1 Å². The summed E-state index contributed by atoms with van der Waals surface area (Å²) in [6.45, 7) is 6.95. The average Bonchev–Trinajstić information content (AvgIpc) is 3.25. The Hall–Kier alpha value is -3.21. The molecule has 1 fully saturated rings. The number of nitrogens with zero attached hydrogens (tertiary/aromatic N) is 4. The summed E-state index contributed by atoms with van der Waals surface area (Å²) in [4.78, 5) is 31.2. The normalized spacial score (nSPS) is 17.8. The van der Waals surface area contributed by atoms with E-state index in [2.05, 4.69) is 10.2 Å². The maximum absolute atomic E-state index is 14.2. The maximum Gasteiger partial charge on any atom is 0.283 e. The quantitative estimate of drug-likeness (QED) is 0.479. The van der Waals surface area contributed by atoms with Gasteiger partial charge in [-0.15, -0.1) is 4.09 Å². The highest BCUT2D eigenvalue weighted by atomic mass is 35.5. The fourth-order valence-corrected chi connectivity index (χ4v) is 6.63. The number of carbonyl (C=O) groups excluding carboxylic acids is 1. The van der Waals surface area contributed by atoms with Crippen LogP contribution in [-0.2, 0) is 14.8 Å². The molecule has 0 spiro atoms. The van der Waals surface area contributed by atoms with Gasteiger partial charge in [0.2, 0.25) is 0 Å². The van der Waals surface area contributed by atoms with Crippen LogP contribution in [0.2, 0.25) is 10.0 Å². The molecule has 3 aromatic rings. The molecule has 0 saturated carbocycles. The van der Waals surface area contributed by atoms with Crippen molar-refractivity contribution in [1.82, 2.24) is 13.7 Å². The van der Waals surface area contributed by atoms with E-state index in [0.717, 1.165) is 9.77 Å². The Kier molecular flexibility index (Phi) is 7.30. The average molecular weight is 591 g/mol. The number of para-hydroxylation sites is 1. The highest BCUT2D eigenvalue weighted by Gasteiger charge is 2.40. The first kappa shape index (κ1) is 27.4. The van der Waals surface area contributed by atoms with Gasteiger partial charge in [0.05, 0.1) is 20.9 Å². The number of allylic oxidation sites excluding steroid dienone is 1. The molecule has 206 valence electrons. The van der Waals surface area contributed by atoms with Crippen molar-refractivity contribution >= 4 is 50.6 Å². The van der Waals surface area contributed by atoms with Crippen molar-refractivity contribution in [3.8, 4) is 0 Å². The van der Waals surface area contributed by atoms with Crippen molar-refractivity contribution in [2.75, 3.05) is 36.4 Å². The molecule has 1 atom stereocenters. The van der Waals surface area contributed by atoms with Gasteiger partial charge in [-0.3, -0.25) is 9.59 Å². The topological polar surface area (TPSA) is 96.7 Å². The lowest BCUT2D eigenvalue weighted by molar-refractivity contribution is -0.128. The number of hydrogen-bond donors (Lipinski definition) is 1. The fraction of sp³-hybridized carbons (Fsp3) is 0.333. The number of nitrogens with one attached hydrogen (secondary N) is 1. The summed E-state index contributed by atoms with van der Waals surface area (Å²) in [5.74, 6) is -0.0257. The van der Waals surface area contributed by atoms with Crippen LogP contribution in [0, 0.1) is 0 Å². The molecule has 1 aromatic heterocycles. The number of rotatable bonds is 5. The third-order valence-electron chi connectivity index (χ3n) is 7.16. The first-order valence-electron chi connectivity index (χ1n) is 12.6. The zero-order valence-electron chi connectivity index (χ0n) is 21.8. The van der Waals surface area contributed by atoms with Gasteiger partial charge in [-0.2, -0.15) is 0 Å². The van der Waals surface area contributed by atoms with E-state index in [0.29, 0.717) is 43.0 Å². The van der Waals surface area contributed by atoms with Gasteiger partial charge in [0, 0.05) is 49.2 Å². The van der Waals surface area contributed by atoms with Crippen molar-refractivity contribution in [3.05, 3.63) is 91.8 Å². The third kappa shape index (κ3) is 4.74. The molecule has 0 bridgehead atoms. The highest BCUT2D eigenvalue weighted by molar-refractivity contribution is 7.90. The Morgan fingerprint density at radius 1 is 1.00 bits per heavy atom. The number of amides is 1. The van der Waals surface area contributed by atoms with Crippen LogP contribution in [-0.4, -0.2) is 59.4 Å². The van der Waals surface area contributed by atoms with Crippen molar-refractivity contribution in [2.24, 2.45) is 0 Å². The first-order chi connectivity index (χ1) is 18.5. The van der Waals surface area contributed by atoms with Crippen molar-refractivity contribution in [2.45, 2.75) is 32.1 Å². The fourth-order valence-electron chi connectivity index (χ4n) is 5.09. The molecule has 0 aliphatic carbocycles. The van der Waals surface area contributed by atoms with E-state index in [1.807, 2.05) is 30.3 Å². The van der Waals surface area contributed by atoms with Crippen LogP contribution >= 0.6 is 23.2 Å². The van der Waals surface area contributed by atoms with Crippen LogP contribution in [0.1, 0.15) is 32.4 Å². The van der Waals surface area contributed by atoms with E-state index in [1.54, 1.807) is 30.0 Å². The largest absolute Gasteiger partial charge is 0.368 e. The van der Waals surface area contributed by atoms with Crippen LogP contribution in [0.15, 0.2) is 70.7 Å². The summed E-state index contributed by atoms with van der Waals surface area (Å²) in [5, 5.41) is 2.64. The number of fused-ring (bicyclic) bond motifs is 1. The van der Waals surface area contributed by atoms with E-state index in [1.165, 1.54) is 24.6 Å². The van der Waals surface area contributed by atoms with Crippen LogP contribution in [0.25, 0.3) is 0 Å². The highest BCUT2D eigenvalue weighted by Crippen LogP contribution is 2.41. The molecule has 1 saturated heterocycles. The molecule has 9 nitrogen and oxygen atoms in total. The molecular formula is C27H29Cl2N5O4S. The molecule has 12 heteroatoms. The molecule has 3 heterocycles. The second-order valence-electron chi connectivity index (χ2n) is 9.87. The number of aromatic nitrogens is 2. The number of piperazine rings is 1. The molecule has 5 rings (SSSR count). The number of hydrogen-bond acceptors (Lipinski definition) is 6. The first-order valence-corrected chi connectivity index (χ1v) is 14.9. The van der Waals surface area contributed by atoms with Gasteiger partial charge in [0.1, 0.15) is 11.9 Å². The van der Waals surface area contributed by atoms with E-state index < -0.39 is 26.9 Å². The Morgan fingerprint density at radius 2 is 1.67 bits per heavy atom. The molecule has 1 amide bonds. The van der Waals surface area contributed by atoms with Gasteiger partial charge < -0.3 is 15.1 Å². The van der Waals surface area contributed by atoms with Gasteiger partial charge in [-0.1, -0.05) is 53.5 Å². The van der Waals surface area contributed by atoms with E-state index >= 15 is 0 Å². The summed E-state index contributed by atoms with van der Waals surface area (Å²) in [6.07, 6.45) is 0. The number of benzene rings is 2. The second kappa shape index (κ2) is 10.4. The zero-order chi connectivity index (χ0) is 28.1. The molecule has 2 aliphatic rings. The summed E-state index contributed by atoms with van der Waals surface area (Å²) in [7, 11) is -4.10. The van der Waals surface area contributed by atoms with Crippen molar-refractivity contribution in [1.29, 1.82) is 0 Å². The minimum atomic E-state index is -4.10. The molecule has 0 radical (unpaired) electrons. The summed E-state index contributed by atoms with van der Waals surface area (Å²) in [6, 6.07) is 15.2. The third-order valence-corrected chi connectivity index (χ3v) is 10.0. The Bertz CT molecular complexity index is 1620. The Morgan fingerprint density at radius 3 is 2.31 bits per heavy atom. The molecule has 39 heavy (non-hydrogen) atoms. The van der Waals surface area contributed by atoms with Crippen LogP contribution in [0.3, 0.4) is 0 Å². The lowest BCUT2D eigenvalue weighted by Crippen LogP contribution is -2.50. The smallest absolute Gasteiger partial charge is 0.283 e. The number of anilines is 2. The summed E-state index contributed by atoms with van der Waals surface area (Å²) < 4.78 is 28.8.